The summed E-state index contributed by atoms with van der Waals surface area (Å²) in [5, 5.41) is 12.3. The number of hydrogen-bond acceptors (Lipinski definition) is 3. The van der Waals surface area contributed by atoms with Crippen LogP contribution in [0.1, 0.15) is 43.4 Å². The molecule has 0 radical (unpaired) electrons. The first-order valence-electron chi connectivity index (χ1n) is 7.07. The average molecular weight is 270 g/mol. The quantitative estimate of drug-likeness (QED) is 0.893. The second-order valence-electron chi connectivity index (χ2n) is 5.69. The molecule has 2 heterocycles. The van der Waals surface area contributed by atoms with Crippen molar-refractivity contribution < 1.29 is 9.53 Å². The van der Waals surface area contributed by atoms with Crippen LogP contribution in [-0.4, -0.2) is 19.1 Å². The van der Waals surface area contributed by atoms with Gasteiger partial charge in [-0.1, -0.05) is 19.9 Å². The van der Waals surface area contributed by atoms with Gasteiger partial charge in [0.25, 0.3) is 0 Å². The van der Waals surface area contributed by atoms with Crippen LogP contribution in [-0.2, 0) is 20.5 Å². The smallest absolute Gasteiger partial charge is 0.231 e. The van der Waals surface area contributed by atoms with Gasteiger partial charge in [-0.2, -0.15) is 5.26 Å². The highest BCUT2D eigenvalue weighted by Gasteiger charge is 2.53. The fourth-order valence-corrected chi connectivity index (χ4v) is 3.44. The van der Waals surface area contributed by atoms with Crippen LogP contribution in [0.4, 0.5) is 0 Å². The zero-order valence-corrected chi connectivity index (χ0v) is 11.8. The maximum absolute atomic E-state index is 12.7. The molecule has 0 unspecified atom stereocenters. The number of benzene rings is 1. The summed E-state index contributed by atoms with van der Waals surface area (Å²) in [7, 11) is 0. The van der Waals surface area contributed by atoms with Crippen molar-refractivity contribution in [2.75, 3.05) is 13.2 Å². The molecule has 1 fully saturated rings. The molecule has 3 rings (SSSR count). The minimum Gasteiger partial charge on any atom is -0.376 e. The molecular formula is C16H18N2O2. The first-order chi connectivity index (χ1) is 9.62. The van der Waals surface area contributed by atoms with Crippen molar-refractivity contribution in [3.8, 4) is 6.07 Å². The highest BCUT2D eigenvalue weighted by Crippen LogP contribution is 2.45. The van der Waals surface area contributed by atoms with Crippen molar-refractivity contribution in [3.63, 3.8) is 0 Å². The van der Waals surface area contributed by atoms with Crippen molar-refractivity contribution in [2.45, 2.75) is 37.6 Å². The number of carbonyl (C=O) groups is 1. The predicted molar refractivity (Wildman–Crippen MR) is 74.1 cm³/mol. The summed E-state index contributed by atoms with van der Waals surface area (Å²) in [5.74, 6) is 0.0633. The van der Waals surface area contributed by atoms with E-state index in [-0.39, 0.29) is 11.4 Å². The van der Waals surface area contributed by atoms with E-state index in [9.17, 15) is 4.79 Å². The molecule has 104 valence electrons. The number of ether oxygens (including phenoxy) is 1. The zero-order valence-electron chi connectivity index (χ0n) is 11.8. The Balaban J connectivity index is 2.26. The van der Waals surface area contributed by atoms with Crippen molar-refractivity contribution in [1.29, 1.82) is 5.26 Å². The van der Waals surface area contributed by atoms with E-state index >= 15 is 0 Å². The van der Waals surface area contributed by atoms with Crippen LogP contribution in [0.3, 0.4) is 0 Å². The molecule has 0 aliphatic carbocycles. The Bertz CT molecular complexity index is 607. The number of nitrogens with one attached hydrogen (secondary N) is 1. The summed E-state index contributed by atoms with van der Waals surface area (Å²) in [6.45, 7) is 5.09. The summed E-state index contributed by atoms with van der Waals surface area (Å²) in [6.07, 6.45) is 1.46. The summed E-state index contributed by atoms with van der Waals surface area (Å²) in [4.78, 5) is 12.7. The molecule has 0 bridgehead atoms. The van der Waals surface area contributed by atoms with Gasteiger partial charge in [-0.3, -0.25) is 4.79 Å². The monoisotopic (exact) mass is 270 g/mol. The summed E-state index contributed by atoms with van der Waals surface area (Å²) >= 11 is 0. The molecule has 20 heavy (non-hydrogen) atoms. The van der Waals surface area contributed by atoms with Crippen LogP contribution >= 0.6 is 0 Å². The molecule has 1 spiro atoms. The number of amides is 1. The predicted octanol–water partition coefficient (Wildman–Crippen LogP) is 1.97. The molecule has 0 saturated carbocycles. The highest BCUT2D eigenvalue weighted by molar-refractivity contribution is 5.92. The third-order valence-corrected chi connectivity index (χ3v) is 4.87. The van der Waals surface area contributed by atoms with E-state index in [1.165, 1.54) is 0 Å². The van der Waals surface area contributed by atoms with Gasteiger partial charge in [0.05, 0.1) is 30.3 Å². The van der Waals surface area contributed by atoms with Gasteiger partial charge < -0.3 is 10.1 Å². The lowest BCUT2D eigenvalue weighted by atomic mass is 9.65. The Hall–Kier alpha value is -1.86. The molecule has 1 amide bonds. The highest BCUT2D eigenvalue weighted by atomic mass is 16.5. The maximum Gasteiger partial charge on any atom is 0.231 e. The number of nitriles is 1. The van der Waals surface area contributed by atoms with Crippen molar-refractivity contribution in [2.24, 2.45) is 0 Å². The molecule has 1 aromatic carbocycles. The third-order valence-electron chi connectivity index (χ3n) is 4.87. The van der Waals surface area contributed by atoms with Crippen molar-refractivity contribution in [3.05, 3.63) is 34.9 Å². The molecule has 4 heteroatoms. The normalized spacial score (nSPS) is 21.6. The Morgan fingerprint density at radius 1 is 1.30 bits per heavy atom. The molecule has 2 aliphatic heterocycles. The topological polar surface area (TPSA) is 62.1 Å². The molecule has 1 N–H and O–H groups in total. The zero-order chi connectivity index (χ0) is 14.4. The summed E-state index contributed by atoms with van der Waals surface area (Å²) in [6, 6.07) is 7.88. The van der Waals surface area contributed by atoms with E-state index in [0.29, 0.717) is 18.8 Å². The van der Waals surface area contributed by atoms with E-state index in [1.54, 1.807) is 0 Å². The largest absolute Gasteiger partial charge is 0.376 e. The number of carbonyl (C=O) groups excluding carboxylic acids is 1. The summed E-state index contributed by atoms with van der Waals surface area (Å²) < 4.78 is 5.33. The Labute approximate surface area is 118 Å². The van der Waals surface area contributed by atoms with Crippen LogP contribution < -0.4 is 5.32 Å². The van der Waals surface area contributed by atoms with Crippen LogP contribution in [0.15, 0.2) is 18.2 Å². The SMILES string of the molecule is CCC1(CC)C(=O)NC2(COC2)c2ccc(C#N)cc21. The Morgan fingerprint density at radius 3 is 2.50 bits per heavy atom. The average Bonchev–Trinajstić information content (AvgIpc) is 2.44. The minimum atomic E-state index is -0.525. The van der Waals surface area contributed by atoms with Crippen LogP contribution in [0.2, 0.25) is 0 Å². The number of fused-ring (bicyclic) bond motifs is 2. The second kappa shape index (κ2) is 4.32. The molecule has 2 aliphatic rings. The van der Waals surface area contributed by atoms with Gasteiger partial charge >= 0.3 is 0 Å². The first-order valence-corrected chi connectivity index (χ1v) is 7.07. The van der Waals surface area contributed by atoms with Gasteiger partial charge in [0.2, 0.25) is 5.91 Å². The fraction of sp³-hybridized carbons (Fsp3) is 0.500. The van der Waals surface area contributed by atoms with Crippen LogP contribution in [0, 0.1) is 11.3 Å². The maximum atomic E-state index is 12.7. The molecule has 1 aromatic rings. The van der Waals surface area contributed by atoms with Gasteiger partial charge in [-0.15, -0.1) is 0 Å². The summed E-state index contributed by atoms with van der Waals surface area (Å²) in [5.41, 5.74) is 1.83. The van der Waals surface area contributed by atoms with E-state index in [0.717, 1.165) is 24.0 Å². The lowest BCUT2D eigenvalue weighted by Crippen LogP contribution is -2.66. The van der Waals surface area contributed by atoms with E-state index in [1.807, 2.05) is 32.0 Å². The lowest BCUT2D eigenvalue weighted by molar-refractivity contribution is -0.143. The second-order valence-corrected chi connectivity index (χ2v) is 5.69. The van der Waals surface area contributed by atoms with Crippen molar-refractivity contribution in [1.82, 2.24) is 5.32 Å². The first kappa shape index (κ1) is 13.1. The van der Waals surface area contributed by atoms with Crippen molar-refractivity contribution >= 4 is 5.91 Å². The Morgan fingerprint density at radius 2 is 2.00 bits per heavy atom. The lowest BCUT2D eigenvalue weighted by Gasteiger charge is -2.51. The standard InChI is InChI=1S/C16H18N2O2/c1-3-15(4-2)13-7-11(8-17)5-6-12(13)16(9-20-10-16)18-14(15)19/h5-7H,3-4,9-10H2,1-2H3,(H,18,19). The molecule has 0 aromatic heterocycles. The van der Waals surface area contributed by atoms with Gasteiger partial charge in [0, 0.05) is 0 Å². The van der Waals surface area contributed by atoms with E-state index < -0.39 is 5.41 Å². The van der Waals surface area contributed by atoms with Crippen LogP contribution in [0.25, 0.3) is 0 Å². The third kappa shape index (κ3) is 1.47. The van der Waals surface area contributed by atoms with Gasteiger partial charge in [0.1, 0.15) is 5.54 Å². The van der Waals surface area contributed by atoms with Gasteiger partial charge in [0.15, 0.2) is 0 Å². The Kier molecular flexibility index (Phi) is 2.84. The molecule has 1 saturated heterocycles. The van der Waals surface area contributed by atoms with E-state index in [4.69, 9.17) is 10.00 Å². The fourth-order valence-electron chi connectivity index (χ4n) is 3.44. The van der Waals surface area contributed by atoms with Crippen LogP contribution in [0.5, 0.6) is 0 Å². The van der Waals surface area contributed by atoms with Gasteiger partial charge in [-0.05, 0) is 36.1 Å². The molecule has 4 nitrogen and oxygen atoms in total. The van der Waals surface area contributed by atoms with E-state index in [2.05, 4.69) is 11.4 Å². The minimum absolute atomic E-state index is 0.0633. The van der Waals surface area contributed by atoms with Gasteiger partial charge in [-0.25, -0.2) is 0 Å². The number of nitrogens with zero attached hydrogens (tertiary/aromatic N) is 1. The number of rotatable bonds is 2. The molecular weight excluding hydrogens is 252 g/mol. The number of hydrogen-bond donors (Lipinski definition) is 1. The molecule has 0 atom stereocenters.